The van der Waals surface area contributed by atoms with Crippen molar-refractivity contribution in [1.29, 1.82) is 0 Å². The van der Waals surface area contributed by atoms with E-state index in [9.17, 15) is 9.59 Å². The summed E-state index contributed by atoms with van der Waals surface area (Å²) in [5.74, 6) is 1.86. The summed E-state index contributed by atoms with van der Waals surface area (Å²) in [4.78, 5) is 24.9. The molecule has 0 unspecified atom stereocenters. The van der Waals surface area contributed by atoms with Crippen LogP contribution in [0, 0.1) is 17.8 Å². The second-order valence-electron chi connectivity index (χ2n) is 15.8. The van der Waals surface area contributed by atoms with Gasteiger partial charge < -0.3 is 15.2 Å². The topological polar surface area (TPSA) is 78.6 Å². The maximum absolute atomic E-state index is 12.4. The zero-order valence-electron chi connectivity index (χ0n) is 34.4. The smallest absolute Gasteiger partial charge is 0.306 e. The summed E-state index contributed by atoms with van der Waals surface area (Å²) in [5.41, 5.74) is 5.96. The minimum Gasteiger partial charge on any atom is -0.466 e. The summed E-state index contributed by atoms with van der Waals surface area (Å²) < 4.78 is 11.3. The van der Waals surface area contributed by atoms with Crippen LogP contribution >= 0.6 is 0 Å². The highest BCUT2D eigenvalue weighted by atomic mass is 16.5. The maximum atomic E-state index is 12.4. The van der Waals surface area contributed by atoms with Crippen molar-refractivity contribution in [3.63, 3.8) is 0 Å². The summed E-state index contributed by atoms with van der Waals surface area (Å²) in [6.45, 7) is 11.0. The van der Waals surface area contributed by atoms with Crippen molar-refractivity contribution in [3.05, 3.63) is 0 Å². The molecule has 50 heavy (non-hydrogen) atoms. The van der Waals surface area contributed by atoms with E-state index >= 15 is 0 Å². The molecule has 0 amide bonds. The standard InChI is InChI=1S/C45H89NO4/c1-5-9-21-31-42(32-22-10-6-2)39-44(47)49-37-27-19-15-13-17-25-29-41(35-36-46)30-26-18-14-16-20-28-38-50-45(48)40-43(33-23-11-7-3)34-24-12-8-4/h41-43H,5-40,46H2,1-4H3. The number of hydrogen-bond acceptors (Lipinski definition) is 5. The first-order valence-corrected chi connectivity index (χ1v) is 22.5. The summed E-state index contributed by atoms with van der Waals surface area (Å²) >= 11 is 0. The number of hydrogen-bond donors (Lipinski definition) is 1. The van der Waals surface area contributed by atoms with E-state index in [0.29, 0.717) is 37.9 Å². The number of ether oxygens (including phenoxy) is 2. The zero-order chi connectivity index (χ0) is 36.8. The summed E-state index contributed by atoms with van der Waals surface area (Å²) in [7, 11) is 0. The van der Waals surface area contributed by atoms with Gasteiger partial charge in [-0.15, -0.1) is 0 Å². The van der Waals surface area contributed by atoms with E-state index < -0.39 is 0 Å². The molecule has 0 spiro atoms. The van der Waals surface area contributed by atoms with Crippen LogP contribution in [0.25, 0.3) is 0 Å². The predicted molar refractivity (Wildman–Crippen MR) is 216 cm³/mol. The molecule has 0 aliphatic rings. The highest BCUT2D eigenvalue weighted by Crippen LogP contribution is 2.24. The van der Waals surface area contributed by atoms with Gasteiger partial charge in [0.25, 0.3) is 0 Å². The van der Waals surface area contributed by atoms with Gasteiger partial charge in [-0.25, -0.2) is 0 Å². The van der Waals surface area contributed by atoms with E-state index in [4.69, 9.17) is 15.2 Å². The molecule has 0 aliphatic carbocycles. The molecule has 0 aliphatic heterocycles. The molecule has 0 aromatic rings. The van der Waals surface area contributed by atoms with Crippen LogP contribution in [0.1, 0.15) is 240 Å². The van der Waals surface area contributed by atoms with Crippen LogP contribution in [0.5, 0.6) is 0 Å². The Morgan fingerprint density at radius 2 is 0.660 bits per heavy atom. The Morgan fingerprint density at radius 3 is 0.980 bits per heavy atom. The van der Waals surface area contributed by atoms with Gasteiger partial charge in [0.1, 0.15) is 0 Å². The molecule has 0 atom stereocenters. The normalized spacial score (nSPS) is 11.7. The van der Waals surface area contributed by atoms with E-state index in [2.05, 4.69) is 27.7 Å². The first-order valence-electron chi connectivity index (χ1n) is 22.5. The predicted octanol–water partition coefficient (Wildman–Crippen LogP) is 13.8. The van der Waals surface area contributed by atoms with Crippen molar-refractivity contribution in [2.45, 2.75) is 240 Å². The molecule has 2 N–H and O–H groups in total. The number of esters is 2. The van der Waals surface area contributed by atoms with Gasteiger partial charge in [0.2, 0.25) is 0 Å². The van der Waals surface area contributed by atoms with E-state index in [1.807, 2.05) is 0 Å². The Bertz CT molecular complexity index is 637. The Labute approximate surface area is 313 Å². The van der Waals surface area contributed by atoms with Crippen molar-refractivity contribution in [2.75, 3.05) is 19.8 Å². The van der Waals surface area contributed by atoms with Gasteiger partial charge in [0.05, 0.1) is 13.2 Å². The molecule has 0 aromatic carbocycles. The third-order valence-electron chi connectivity index (χ3n) is 10.9. The number of rotatable bonds is 40. The van der Waals surface area contributed by atoms with E-state index in [1.165, 1.54) is 167 Å². The minimum absolute atomic E-state index is 0.0290. The molecule has 5 heteroatoms. The largest absolute Gasteiger partial charge is 0.466 e. The van der Waals surface area contributed by atoms with Crippen molar-refractivity contribution < 1.29 is 19.1 Å². The van der Waals surface area contributed by atoms with Crippen molar-refractivity contribution in [2.24, 2.45) is 23.5 Å². The lowest BCUT2D eigenvalue weighted by molar-refractivity contribution is -0.146. The molecule has 0 radical (unpaired) electrons. The van der Waals surface area contributed by atoms with Gasteiger partial charge in [-0.05, 0) is 69.2 Å². The van der Waals surface area contributed by atoms with Crippen molar-refractivity contribution >= 4 is 11.9 Å². The second-order valence-corrected chi connectivity index (χ2v) is 15.8. The Kier molecular flexibility index (Phi) is 38.3. The number of carbonyl (C=O) groups is 2. The third kappa shape index (κ3) is 34.0. The third-order valence-corrected chi connectivity index (χ3v) is 10.9. The number of carbonyl (C=O) groups excluding carboxylic acids is 2. The number of unbranched alkanes of at least 4 members (excludes halogenated alkanes) is 18. The van der Waals surface area contributed by atoms with Crippen LogP contribution in [0.2, 0.25) is 0 Å². The van der Waals surface area contributed by atoms with Crippen molar-refractivity contribution in [1.82, 2.24) is 0 Å². The Hall–Kier alpha value is -1.10. The molecule has 0 saturated heterocycles. The van der Waals surface area contributed by atoms with Crippen LogP contribution in [0.4, 0.5) is 0 Å². The molecule has 0 fully saturated rings. The van der Waals surface area contributed by atoms with E-state index in [1.54, 1.807) is 0 Å². The zero-order valence-corrected chi connectivity index (χ0v) is 34.4. The fraction of sp³-hybridized carbons (Fsp3) is 0.956. The first kappa shape index (κ1) is 48.9. The van der Waals surface area contributed by atoms with E-state index in [0.717, 1.165) is 44.6 Å². The van der Waals surface area contributed by atoms with Crippen LogP contribution in [-0.4, -0.2) is 31.7 Å². The van der Waals surface area contributed by atoms with Crippen molar-refractivity contribution in [3.8, 4) is 0 Å². The fourth-order valence-electron chi connectivity index (χ4n) is 7.54. The molecule has 0 saturated carbocycles. The molecular formula is C45H89NO4. The minimum atomic E-state index is 0.0290. The van der Waals surface area contributed by atoms with Gasteiger partial charge in [0.15, 0.2) is 0 Å². The maximum Gasteiger partial charge on any atom is 0.306 e. The molecule has 0 rings (SSSR count). The van der Waals surface area contributed by atoms with Crippen LogP contribution in [0.15, 0.2) is 0 Å². The molecular weight excluding hydrogens is 618 g/mol. The summed E-state index contributed by atoms with van der Waals surface area (Å²) in [6, 6.07) is 0. The lowest BCUT2D eigenvalue weighted by atomic mass is 9.91. The average Bonchev–Trinajstić information content (AvgIpc) is 3.10. The van der Waals surface area contributed by atoms with Crippen LogP contribution in [0.3, 0.4) is 0 Å². The highest BCUT2D eigenvalue weighted by Gasteiger charge is 2.16. The fourth-order valence-corrected chi connectivity index (χ4v) is 7.54. The Morgan fingerprint density at radius 1 is 0.380 bits per heavy atom. The van der Waals surface area contributed by atoms with Gasteiger partial charge in [0, 0.05) is 12.8 Å². The summed E-state index contributed by atoms with van der Waals surface area (Å²) in [6.07, 6.45) is 39.4. The van der Waals surface area contributed by atoms with Gasteiger partial charge >= 0.3 is 11.9 Å². The lowest BCUT2D eigenvalue weighted by Crippen LogP contribution is -2.13. The second kappa shape index (κ2) is 39.1. The quantitative estimate of drug-likeness (QED) is 0.0506. The molecule has 298 valence electrons. The van der Waals surface area contributed by atoms with Crippen LogP contribution in [-0.2, 0) is 19.1 Å². The summed E-state index contributed by atoms with van der Waals surface area (Å²) in [5, 5.41) is 0. The SMILES string of the molecule is CCCCCC(CCCCC)CC(=O)OCCCCCCCCC(CCN)CCCCCCCCOC(=O)CC(CCCCC)CCCCC. The average molecular weight is 708 g/mol. The van der Waals surface area contributed by atoms with E-state index in [-0.39, 0.29) is 11.9 Å². The lowest BCUT2D eigenvalue weighted by Gasteiger charge is -2.16. The van der Waals surface area contributed by atoms with Crippen LogP contribution < -0.4 is 5.73 Å². The molecule has 0 heterocycles. The number of nitrogens with two attached hydrogens (primary N) is 1. The molecule has 5 nitrogen and oxygen atoms in total. The Balaban J connectivity index is 3.86. The highest BCUT2D eigenvalue weighted by molar-refractivity contribution is 5.70. The molecule has 0 aromatic heterocycles. The first-order chi connectivity index (χ1) is 24.5. The van der Waals surface area contributed by atoms with Gasteiger partial charge in [-0.2, -0.15) is 0 Å². The van der Waals surface area contributed by atoms with Gasteiger partial charge in [-0.3, -0.25) is 9.59 Å². The monoisotopic (exact) mass is 708 g/mol. The molecule has 0 bridgehead atoms. The van der Waals surface area contributed by atoms with Gasteiger partial charge in [-0.1, -0.05) is 182 Å².